The Labute approximate surface area is 46.0 Å². The van der Waals surface area contributed by atoms with Crippen molar-refractivity contribution in [2.75, 3.05) is 6.26 Å². The van der Waals surface area contributed by atoms with Gasteiger partial charge in [0.05, 0.1) is 4.58 Å². The van der Waals surface area contributed by atoms with Crippen LogP contribution in [-0.2, 0) is 10.8 Å². The largest absolute Gasteiger partial charge is 0.259 e. The van der Waals surface area contributed by atoms with Gasteiger partial charge < -0.3 is 0 Å². The quantitative estimate of drug-likeness (QED) is 0.508. The van der Waals surface area contributed by atoms with Gasteiger partial charge in [0.25, 0.3) is 0 Å². The molecule has 38 valence electrons. The first-order valence-electron chi connectivity index (χ1n) is 1.65. The molecule has 0 aromatic carbocycles. The average molecular weight is 124 g/mol. The first kappa shape index (κ1) is 6.50. The summed E-state index contributed by atoms with van der Waals surface area (Å²) in [5.41, 5.74) is 0. The molecule has 0 fully saturated rings. The van der Waals surface area contributed by atoms with E-state index in [9.17, 15) is 4.21 Å². The first-order valence-corrected chi connectivity index (χ1v) is 3.78. The van der Waals surface area contributed by atoms with E-state index < -0.39 is 10.8 Å². The number of hydrogen-bond acceptors (Lipinski definition) is 2. The highest BCUT2D eigenvalue weighted by Crippen LogP contribution is 1.94. The molecule has 0 bridgehead atoms. The van der Waals surface area contributed by atoms with Gasteiger partial charge in [0.1, 0.15) is 0 Å². The Hall–Kier alpha value is 0.500. The zero-order valence-electron chi connectivity index (χ0n) is 3.84. The Bertz CT molecular complexity index is 59.8. The van der Waals surface area contributed by atoms with E-state index in [2.05, 4.69) is 12.6 Å². The fourth-order valence-electron chi connectivity index (χ4n) is 0. The molecule has 0 aliphatic heterocycles. The second-order valence-corrected chi connectivity index (χ2v) is 3.93. The van der Waals surface area contributed by atoms with Crippen molar-refractivity contribution in [1.29, 1.82) is 0 Å². The topological polar surface area (TPSA) is 17.1 Å². The minimum absolute atomic E-state index is 0.0185. The smallest absolute Gasteiger partial charge is 0.0740 e. The SMILES string of the molecule is CC(S)S(C)=O. The van der Waals surface area contributed by atoms with Crippen molar-refractivity contribution in [3.8, 4) is 0 Å². The van der Waals surface area contributed by atoms with Crippen molar-refractivity contribution < 1.29 is 4.21 Å². The van der Waals surface area contributed by atoms with Gasteiger partial charge in [0.15, 0.2) is 0 Å². The number of rotatable bonds is 1. The lowest BCUT2D eigenvalue weighted by atomic mass is 11.0. The van der Waals surface area contributed by atoms with E-state index in [-0.39, 0.29) is 4.58 Å². The predicted molar refractivity (Wildman–Crippen MR) is 32.5 cm³/mol. The van der Waals surface area contributed by atoms with Crippen LogP contribution in [0.2, 0.25) is 0 Å². The van der Waals surface area contributed by atoms with Crippen LogP contribution in [0.3, 0.4) is 0 Å². The lowest BCUT2D eigenvalue weighted by molar-refractivity contribution is 0.686. The van der Waals surface area contributed by atoms with E-state index in [0.717, 1.165) is 0 Å². The van der Waals surface area contributed by atoms with Crippen LogP contribution in [0.25, 0.3) is 0 Å². The molecule has 0 aromatic rings. The highest BCUT2D eigenvalue weighted by molar-refractivity contribution is 8.00. The maximum absolute atomic E-state index is 10.2. The fraction of sp³-hybridized carbons (Fsp3) is 1.00. The van der Waals surface area contributed by atoms with Crippen molar-refractivity contribution >= 4 is 23.4 Å². The van der Waals surface area contributed by atoms with E-state index in [1.165, 1.54) is 0 Å². The van der Waals surface area contributed by atoms with Crippen LogP contribution >= 0.6 is 12.6 Å². The van der Waals surface area contributed by atoms with E-state index >= 15 is 0 Å². The number of thiol groups is 1. The standard InChI is InChI=1S/C3H8OS2/c1-3(5)6(2)4/h3,5H,1-2H3. The highest BCUT2D eigenvalue weighted by atomic mass is 32.2. The van der Waals surface area contributed by atoms with Gasteiger partial charge in [-0.2, -0.15) is 12.6 Å². The van der Waals surface area contributed by atoms with Crippen LogP contribution in [0.15, 0.2) is 0 Å². The second kappa shape index (κ2) is 2.64. The Balaban J connectivity index is 3.26. The summed E-state index contributed by atoms with van der Waals surface area (Å²) in [6.45, 7) is 1.80. The predicted octanol–water partition coefficient (Wildman–Crippen LogP) is 0.641. The normalized spacial score (nSPS) is 19.8. The van der Waals surface area contributed by atoms with Gasteiger partial charge in [-0.15, -0.1) is 0 Å². The van der Waals surface area contributed by atoms with Crippen molar-refractivity contribution in [3.05, 3.63) is 0 Å². The molecule has 0 saturated heterocycles. The van der Waals surface area contributed by atoms with Crippen molar-refractivity contribution in [2.45, 2.75) is 11.5 Å². The van der Waals surface area contributed by atoms with Crippen LogP contribution in [0.5, 0.6) is 0 Å². The van der Waals surface area contributed by atoms with Crippen LogP contribution in [0.1, 0.15) is 6.92 Å². The summed E-state index contributed by atoms with van der Waals surface area (Å²) in [4.78, 5) is 0. The van der Waals surface area contributed by atoms with Gasteiger partial charge in [-0.1, -0.05) is 0 Å². The van der Waals surface area contributed by atoms with Crippen molar-refractivity contribution in [3.63, 3.8) is 0 Å². The van der Waals surface area contributed by atoms with E-state index in [1.54, 1.807) is 13.2 Å². The maximum Gasteiger partial charge on any atom is 0.0740 e. The minimum Gasteiger partial charge on any atom is -0.259 e. The fourth-order valence-corrected chi connectivity index (χ4v) is 0. The molecule has 2 atom stereocenters. The van der Waals surface area contributed by atoms with Crippen LogP contribution < -0.4 is 0 Å². The summed E-state index contributed by atoms with van der Waals surface area (Å²) in [7, 11) is -0.753. The third-order valence-electron chi connectivity index (χ3n) is 0.480. The Morgan fingerprint density at radius 2 is 2.00 bits per heavy atom. The van der Waals surface area contributed by atoms with Crippen molar-refractivity contribution in [1.82, 2.24) is 0 Å². The molecule has 6 heavy (non-hydrogen) atoms. The minimum atomic E-state index is -0.753. The molecule has 3 heteroatoms. The molecule has 1 nitrogen and oxygen atoms in total. The van der Waals surface area contributed by atoms with Crippen LogP contribution in [0.4, 0.5) is 0 Å². The van der Waals surface area contributed by atoms with E-state index in [0.29, 0.717) is 0 Å². The molecule has 0 saturated carbocycles. The van der Waals surface area contributed by atoms with E-state index in [4.69, 9.17) is 0 Å². The summed E-state index contributed by atoms with van der Waals surface area (Å²) in [6.07, 6.45) is 1.64. The van der Waals surface area contributed by atoms with E-state index in [1.807, 2.05) is 0 Å². The Morgan fingerprint density at radius 1 is 1.83 bits per heavy atom. The van der Waals surface area contributed by atoms with Crippen molar-refractivity contribution in [2.24, 2.45) is 0 Å². The van der Waals surface area contributed by atoms with Crippen LogP contribution in [0, 0.1) is 0 Å². The molecular formula is C3H8OS2. The van der Waals surface area contributed by atoms with Gasteiger partial charge >= 0.3 is 0 Å². The zero-order chi connectivity index (χ0) is 5.15. The Kier molecular flexibility index (Phi) is 2.86. The summed E-state index contributed by atoms with van der Waals surface area (Å²) < 4.78 is 10.2. The van der Waals surface area contributed by atoms with Crippen LogP contribution in [-0.4, -0.2) is 15.0 Å². The molecule has 0 aliphatic carbocycles. The molecule has 0 amide bonds. The molecule has 0 aromatic heterocycles. The first-order chi connectivity index (χ1) is 2.64. The zero-order valence-corrected chi connectivity index (χ0v) is 5.55. The molecule has 0 spiro atoms. The molecule has 0 radical (unpaired) electrons. The molecule has 0 N–H and O–H groups in total. The lowest BCUT2D eigenvalue weighted by Crippen LogP contribution is -1.97. The Morgan fingerprint density at radius 3 is 2.00 bits per heavy atom. The van der Waals surface area contributed by atoms with Gasteiger partial charge in [-0.05, 0) is 6.92 Å². The maximum atomic E-state index is 10.2. The summed E-state index contributed by atoms with van der Waals surface area (Å²) >= 11 is 3.89. The lowest BCUT2D eigenvalue weighted by Gasteiger charge is -1.92. The average Bonchev–Trinajstić information content (AvgIpc) is 1.36. The summed E-state index contributed by atoms with van der Waals surface area (Å²) in [6, 6.07) is 0. The molecule has 0 rings (SSSR count). The highest BCUT2D eigenvalue weighted by Gasteiger charge is 1.93. The third kappa shape index (κ3) is 2.72. The van der Waals surface area contributed by atoms with Gasteiger partial charge in [0.2, 0.25) is 0 Å². The number of hydrogen-bond donors (Lipinski definition) is 1. The molecule has 0 aliphatic rings. The molecular weight excluding hydrogens is 116 g/mol. The molecule has 2 unspecified atom stereocenters. The van der Waals surface area contributed by atoms with Gasteiger partial charge in [-0.25, -0.2) is 0 Å². The summed E-state index contributed by atoms with van der Waals surface area (Å²) in [5, 5.41) is 0. The van der Waals surface area contributed by atoms with Gasteiger partial charge in [-0.3, -0.25) is 4.21 Å². The van der Waals surface area contributed by atoms with Gasteiger partial charge in [0, 0.05) is 17.1 Å². The molecule has 0 heterocycles. The summed E-state index contributed by atoms with van der Waals surface area (Å²) in [5.74, 6) is 0. The third-order valence-corrected chi connectivity index (χ3v) is 2.33. The second-order valence-electron chi connectivity index (χ2n) is 1.10. The monoisotopic (exact) mass is 124 g/mol.